The summed E-state index contributed by atoms with van der Waals surface area (Å²) in [4.78, 5) is 46.9. The van der Waals surface area contributed by atoms with E-state index in [1.54, 1.807) is 36.3 Å². The second-order valence-electron chi connectivity index (χ2n) is 10.5. The molecule has 1 aromatic heterocycles. The fraction of sp³-hybridized carbons (Fsp3) is 0.517. The molecule has 0 aliphatic carbocycles. The molecule has 0 unspecified atom stereocenters. The number of urea groups is 1. The minimum absolute atomic E-state index is 0.0379. The molecule has 0 bridgehead atoms. The molecule has 4 amide bonds. The maximum atomic E-state index is 13.2. The van der Waals surface area contributed by atoms with Gasteiger partial charge in [-0.1, -0.05) is 42.8 Å². The quantitative estimate of drug-likeness (QED) is 0.608. The second-order valence-corrected chi connectivity index (χ2v) is 10.5. The molecular weight excluding hydrogens is 482 g/mol. The van der Waals surface area contributed by atoms with Gasteiger partial charge in [0, 0.05) is 71.2 Å². The van der Waals surface area contributed by atoms with Gasteiger partial charge in [0.05, 0.1) is 5.54 Å². The van der Waals surface area contributed by atoms with Crippen LogP contribution < -0.4 is 10.6 Å². The molecule has 2 saturated heterocycles. The van der Waals surface area contributed by atoms with Crippen molar-refractivity contribution in [2.45, 2.75) is 56.7 Å². The third kappa shape index (κ3) is 7.10. The van der Waals surface area contributed by atoms with Crippen LogP contribution >= 0.6 is 0 Å². The van der Waals surface area contributed by atoms with E-state index in [1.165, 1.54) is 0 Å². The van der Waals surface area contributed by atoms with E-state index in [4.69, 9.17) is 4.74 Å². The molecule has 3 heterocycles. The second kappa shape index (κ2) is 12.9. The number of hydrogen-bond donors (Lipinski definition) is 2. The van der Waals surface area contributed by atoms with Crippen molar-refractivity contribution in [3.8, 4) is 0 Å². The Morgan fingerprint density at radius 2 is 1.89 bits per heavy atom. The molecule has 38 heavy (non-hydrogen) atoms. The smallest absolute Gasteiger partial charge is 0.315 e. The third-order valence-corrected chi connectivity index (χ3v) is 7.67. The van der Waals surface area contributed by atoms with E-state index >= 15 is 0 Å². The third-order valence-electron chi connectivity index (χ3n) is 7.67. The first-order valence-electron chi connectivity index (χ1n) is 13.5. The van der Waals surface area contributed by atoms with E-state index in [1.807, 2.05) is 42.5 Å². The highest BCUT2D eigenvalue weighted by Gasteiger charge is 2.36. The molecule has 0 spiro atoms. The molecule has 204 valence electrons. The van der Waals surface area contributed by atoms with Crippen molar-refractivity contribution in [2.75, 3.05) is 33.9 Å². The average Bonchev–Trinajstić information content (AvgIpc) is 2.99. The SMILES string of the molecule is CN1C[C@H](NC(=O)NC2(c3ccccc3)CCOCC2)CCC[C@@H](C(=O)N(C)Cc2cccnc2)CC1=O. The van der Waals surface area contributed by atoms with Crippen molar-refractivity contribution in [2.24, 2.45) is 5.92 Å². The summed E-state index contributed by atoms with van der Waals surface area (Å²) in [5, 5.41) is 6.36. The van der Waals surface area contributed by atoms with Crippen LogP contribution in [0.3, 0.4) is 0 Å². The van der Waals surface area contributed by atoms with Gasteiger partial charge in [-0.2, -0.15) is 0 Å². The molecule has 0 radical (unpaired) electrons. The van der Waals surface area contributed by atoms with Crippen LogP contribution in [0.4, 0.5) is 4.79 Å². The van der Waals surface area contributed by atoms with Crippen LogP contribution in [0.15, 0.2) is 54.9 Å². The summed E-state index contributed by atoms with van der Waals surface area (Å²) in [6.07, 6.45) is 7.03. The lowest BCUT2D eigenvalue weighted by Gasteiger charge is -2.39. The van der Waals surface area contributed by atoms with Gasteiger partial charge in [-0.3, -0.25) is 14.6 Å². The topological polar surface area (TPSA) is 104 Å². The number of hydrogen-bond acceptors (Lipinski definition) is 5. The molecule has 9 nitrogen and oxygen atoms in total. The van der Waals surface area contributed by atoms with Crippen molar-refractivity contribution in [1.29, 1.82) is 0 Å². The number of nitrogens with one attached hydrogen (secondary N) is 2. The molecule has 2 aliphatic heterocycles. The number of amides is 4. The number of pyridine rings is 1. The number of carbonyl (C=O) groups is 3. The Bertz CT molecular complexity index is 1070. The van der Waals surface area contributed by atoms with E-state index in [2.05, 4.69) is 15.6 Å². The summed E-state index contributed by atoms with van der Waals surface area (Å²) in [5.41, 5.74) is 1.53. The number of likely N-dealkylation sites (N-methyl/N-ethyl adjacent to an activating group) is 1. The zero-order valence-corrected chi connectivity index (χ0v) is 22.4. The summed E-state index contributed by atoms with van der Waals surface area (Å²) in [6.45, 7) is 2.02. The van der Waals surface area contributed by atoms with Crippen molar-refractivity contribution >= 4 is 17.8 Å². The lowest BCUT2D eigenvalue weighted by molar-refractivity contribution is -0.140. The van der Waals surface area contributed by atoms with Gasteiger partial charge < -0.3 is 25.2 Å². The molecule has 2 N–H and O–H groups in total. The van der Waals surface area contributed by atoms with E-state index in [-0.39, 0.29) is 36.2 Å². The number of ether oxygens (including phenoxy) is 1. The molecule has 0 saturated carbocycles. The van der Waals surface area contributed by atoms with Gasteiger partial charge in [0.25, 0.3) is 0 Å². The summed E-state index contributed by atoms with van der Waals surface area (Å²) in [6, 6.07) is 13.3. The van der Waals surface area contributed by atoms with Crippen LogP contribution in [-0.4, -0.2) is 72.5 Å². The normalized spacial score (nSPS) is 21.9. The average molecular weight is 522 g/mol. The van der Waals surface area contributed by atoms with Crippen LogP contribution in [0.1, 0.15) is 49.7 Å². The summed E-state index contributed by atoms with van der Waals surface area (Å²) >= 11 is 0. The van der Waals surface area contributed by atoms with Crippen LogP contribution in [0.2, 0.25) is 0 Å². The highest BCUT2D eigenvalue weighted by molar-refractivity contribution is 5.85. The standard InChI is InChI=1S/C29H39N5O4/c1-33-21-25(31-28(37)32-29(13-16-38-17-14-29)24-10-4-3-5-11-24)12-6-9-23(18-26(33)35)27(36)34(2)20-22-8-7-15-30-19-22/h3-5,7-8,10-11,15,19,23,25H,6,9,12-14,16-18,20-21H2,1-2H3,(H2,31,32,37)/t23-,25-/m1/s1. The van der Waals surface area contributed by atoms with E-state index in [9.17, 15) is 14.4 Å². The lowest BCUT2D eigenvalue weighted by atomic mass is 9.83. The minimum atomic E-state index is -0.486. The minimum Gasteiger partial charge on any atom is -0.381 e. The van der Waals surface area contributed by atoms with Gasteiger partial charge in [-0.25, -0.2) is 4.79 Å². The Morgan fingerprint density at radius 1 is 1.13 bits per heavy atom. The molecule has 2 fully saturated rings. The fourth-order valence-electron chi connectivity index (χ4n) is 5.49. The number of benzene rings is 1. The molecule has 2 aliphatic rings. The van der Waals surface area contributed by atoms with Crippen molar-refractivity contribution in [3.63, 3.8) is 0 Å². The van der Waals surface area contributed by atoms with Gasteiger partial charge in [-0.15, -0.1) is 0 Å². The predicted octanol–water partition coefficient (Wildman–Crippen LogP) is 3.06. The molecule has 2 atom stereocenters. The van der Waals surface area contributed by atoms with E-state index in [0.717, 1.165) is 17.5 Å². The van der Waals surface area contributed by atoms with E-state index in [0.29, 0.717) is 52.0 Å². The van der Waals surface area contributed by atoms with Crippen LogP contribution in [0.5, 0.6) is 0 Å². The number of aromatic nitrogens is 1. The Balaban J connectivity index is 1.37. The van der Waals surface area contributed by atoms with Gasteiger partial charge in [-0.05, 0) is 42.9 Å². The monoisotopic (exact) mass is 521 g/mol. The largest absolute Gasteiger partial charge is 0.381 e. The first-order chi connectivity index (χ1) is 18.4. The molecular formula is C29H39N5O4. The predicted molar refractivity (Wildman–Crippen MR) is 144 cm³/mol. The van der Waals surface area contributed by atoms with Crippen molar-refractivity contribution in [1.82, 2.24) is 25.4 Å². The first-order valence-corrected chi connectivity index (χ1v) is 13.5. The lowest BCUT2D eigenvalue weighted by Crippen LogP contribution is -2.55. The van der Waals surface area contributed by atoms with Gasteiger partial charge in [0.2, 0.25) is 11.8 Å². The van der Waals surface area contributed by atoms with Crippen molar-refractivity contribution in [3.05, 3.63) is 66.0 Å². The summed E-state index contributed by atoms with van der Waals surface area (Å²) in [7, 11) is 3.51. The van der Waals surface area contributed by atoms with Gasteiger partial charge in [0.15, 0.2) is 0 Å². The fourth-order valence-corrected chi connectivity index (χ4v) is 5.49. The maximum Gasteiger partial charge on any atom is 0.315 e. The zero-order valence-electron chi connectivity index (χ0n) is 22.4. The maximum absolute atomic E-state index is 13.2. The van der Waals surface area contributed by atoms with Gasteiger partial charge in [0.1, 0.15) is 0 Å². The highest BCUT2D eigenvalue weighted by Crippen LogP contribution is 2.32. The van der Waals surface area contributed by atoms with E-state index < -0.39 is 5.54 Å². The zero-order chi connectivity index (χ0) is 27.0. The first kappa shape index (κ1) is 27.6. The van der Waals surface area contributed by atoms with Crippen molar-refractivity contribution < 1.29 is 19.1 Å². The Kier molecular flexibility index (Phi) is 9.33. The molecule has 1 aromatic carbocycles. The Hall–Kier alpha value is -3.46. The summed E-state index contributed by atoms with van der Waals surface area (Å²) < 4.78 is 5.58. The number of carbonyl (C=O) groups excluding carboxylic acids is 3. The van der Waals surface area contributed by atoms with Crippen LogP contribution in [0.25, 0.3) is 0 Å². The summed E-state index contributed by atoms with van der Waals surface area (Å²) in [5.74, 6) is -0.510. The molecule has 9 heteroatoms. The van der Waals surface area contributed by atoms with Crippen LogP contribution in [0, 0.1) is 5.92 Å². The molecule has 4 rings (SSSR count). The van der Waals surface area contributed by atoms with Gasteiger partial charge >= 0.3 is 6.03 Å². The Morgan fingerprint density at radius 3 is 2.61 bits per heavy atom. The highest BCUT2D eigenvalue weighted by atomic mass is 16.5. The number of rotatable bonds is 6. The number of nitrogens with zero attached hydrogens (tertiary/aromatic N) is 3. The Labute approximate surface area is 224 Å². The van der Waals surface area contributed by atoms with Crippen LogP contribution in [-0.2, 0) is 26.4 Å². The molecule has 2 aromatic rings.